The van der Waals surface area contributed by atoms with Gasteiger partial charge >= 0.3 is 47.8 Å². The van der Waals surface area contributed by atoms with Crippen LogP contribution in [0, 0.1) is 5.92 Å². The normalized spacial score (nSPS) is 15.9. The smallest absolute Gasteiger partial charge is 0.338 e. The van der Waals surface area contributed by atoms with Crippen molar-refractivity contribution in [3.05, 3.63) is 48.6 Å². The number of carboxylic acid groups (broad SMARTS) is 2. The molecule has 6 heterocycles. The Kier molecular flexibility index (Phi) is 65.1. The summed E-state index contributed by atoms with van der Waals surface area (Å²) < 4.78 is 52.3. The van der Waals surface area contributed by atoms with Crippen LogP contribution in [0.25, 0.3) is 0 Å². The largest absolute Gasteiger partial charge is 0.478 e. The fourth-order valence-corrected chi connectivity index (χ4v) is 29.3. The molecule has 1 unspecified atom stereocenters. The van der Waals surface area contributed by atoms with Crippen molar-refractivity contribution in [3.8, 4) is 0 Å². The van der Waals surface area contributed by atoms with Crippen LogP contribution < -0.4 is 5.32 Å². The lowest BCUT2D eigenvalue weighted by atomic mass is 10.1. The number of nitrogens with zero attached hydrogens (tertiary/aromatic N) is 4. The third-order valence-electron chi connectivity index (χ3n) is 17.0. The van der Waals surface area contributed by atoms with Gasteiger partial charge in [-0.15, -0.1) is 0 Å². The molecule has 0 saturated carbocycles. The van der Waals surface area contributed by atoms with Gasteiger partial charge in [-0.2, -0.15) is 0 Å². The maximum Gasteiger partial charge on any atom is 0.338 e. The summed E-state index contributed by atoms with van der Waals surface area (Å²) >= 11 is 0. The lowest BCUT2D eigenvalue weighted by Crippen LogP contribution is -2.44. The zero-order chi connectivity index (χ0) is 83.9. The number of amides is 4. The molecule has 5 fully saturated rings. The van der Waals surface area contributed by atoms with E-state index in [2.05, 4.69) is 102 Å². The van der Waals surface area contributed by atoms with E-state index in [0.29, 0.717) is 96.9 Å². The Bertz CT molecular complexity index is 2730. The molecule has 1 atom stereocenters. The van der Waals surface area contributed by atoms with Gasteiger partial charge < -0.3 is 91.5 Å². The number of carbonyl (C=O) groups is 12. The molecular formula is C77H141N5O26Si4. The first-order valence-electron chi connectivity index (χ1n) is 39.3. The standard InChI is InChI=1S/C23H43NO7Si2.C13H32O3Si2.2C10H13NO5.C6H11NO2.C6H15N.C4H2O3.C4H8O.CH4/c1-6-7-18-32(2,3)31-33(4,5)19-8-14-28-16-17-30-22(26)10-9-21(25)29-15-12-20-11-13-24-23(20)27;1-6-7-12-17(2,3)16-18(4,5)13-8-10-15-11-9-14;2*12-8-2-1-5-11(8)6-7-16-10(15)4-3-9(13)14;8-5-4-7-3-1-2-6(7)9;1-4-7(5-2)6-3;5-3-1-2-4(6)7-3;1-2-4-5-3-1;/h9-10,20H,6-8,11-19H2,1-5H3,(H,24,27);14H,6-13H2,1-5H3;2*3-4H,1-2,5-7H2,(H,13,14);8H,1-5H2;4-6H2,1-3H3;1-2H;1-4H2;1H4/b10-9+;;2*4-3-;;;;;. The number of β-amino-alcohol motifs (C(OH)–C–C–N with tert-alkyl or cyclic N) is 1. The Morgan fingerprint density at radius 3 is 1.14 bits per heavy atom. The summed E-state index contributed by atoms with van der Waals surface area (Å²) in [6.07, 6.45) is 22.5. The highest BCUT2D eigenvalue weighted by Gasteiger charge is 2.34. The number of ether oxygens (including phenoxy) is 8. The average Bonchev–Trinajstić information content (AvgIpc) is 1.74. The van der Waals surface area contributed by atoms with E-state index in [0.717, 1.165) is 113 Å². The van der Waals surface area contributed by atoms with Crippen molar-refractivity contribution in [2.24, 2.45) is 5.92 Å². The van der Waals surface area contributed by atoms with Crippen LogP contribution in [0.5, 0.6) is 0 Å². The van der Waals surface area contributed by atoms with Crippen LogP contribution in [0.15, 0.2) is 48.6 Å². The molecule has 35 heteroatoms. The van der Waals surface area contributed by atoms with Gasteiger partial charge in [0.25, 0.3) is 0 Å². The molecule has 5 saturated heterocycles. The number of hydrogen-bond acceptors (Lipinski definition) is 25. The molecule has 31 nitrogen and oxygen atoms in total. The molecule has 0 aromatic carbocycles. The summed E-state index contributed by atoms with van der Waals surface area (Å²) in [4.78, 5) is 137. The van der Waals surface area contributed by atoms with Crippen molar-refractivity contribution in [3.63, 3.8) is 0 Å². The number of aliphatic carboxylic acids is 2. The first kappa shape index (κ1) is 110. The van der Waals surface area contributed by atoms with Crippen LogP contribution in [-0.4, -0.2) is 289 Å². The molecule has 6 rings (SSSR count). The van der Waals surface area contributed by atoms with Gasteiger partial charge in [-0.1, -0.05) is 67.7 Å². The number of carbonyl (C=O) groups excluding carboxylic acids is 10. The lowest BCUT2D eigenvalue weighted by Gasteiger charge is -2.34. The third-order valence-corrected chi connectivity index (χ3v) is 32.1. The molecule has 0 aromatic rings. The number of nitrogens with one attached hydrogen (secondary N) is 1. The van der Waals surface area contributed by atoms with Gasteiger partial charge in [0.2, 0.25) is 23.6 Å². The van der Waals surface area contributed by atoms with E-state index in [1.807, 2.05) is 0 Å². The predicted molar refractivity (Wildman–Crippen MR) is 436 cm³/mol. The number of hydrogen-bond donors (Lipinski definition) is 5. The fourth-order valence-electron chi connectivity index (χ4n) is 11.3. The minimum atomic E-state index is -1.69. The van der Waals surface area contributed by atoms with Crippen LogP contribution in [0.2, 0.25) is 76.6 Å². The molecule has 6 aliphatic heterocycles. The second-order valence-corrected chi connectivity index (χ2v) is 46.4. The molecule has 0 aliphatic carbocycles. The maximum atomic E-state index is 11.7. The summed E-state index contributed by atoms with van der Waals surface area (Å²) in [5, 5.41) is 36.3. The summed E-state index contributed by atoms with van der Waals surface area (Å²) in [6, 6.07) is 4.70. The van der Waals surface area contributed by atoms with Gasteiger partial charge in [-0.3, -0.25) is 19.2 Å². The second-order valence-electron chi connectivity index (χ2n) is 28.7. The fraction of sp³-hybridized carbons (Fsp3) is 0.740. The molecule has 0 bridgehead atoms. The van der Waals surface area contributed by atoms with Crippen LogP contribution in [0.3, 0.4) is 0 Å². The second kappa shape index (κ2) is 66.6. The zero-order valence-electron chi connectivity index (χ0n) is 69.0. The summed E-state index contributed by atoms with van der Waals surface area (Å²) in [5.74, 6) is -6.02. The van der Waals surface area contributed by atoms with Crippen molar-refractivity contribution in [1.82, 2.24) is 24.9 Å². The Morgan fingerprint density at radius 1 is 0.482 bits per heavy atom. The molecule has 0 aromatic heterocycles. The molecule has 4 amide bonds. The number of cyclic esters (lactones) is 2. The minimum Gasteiger partial charge on any atom is -0.478 e. The van der Waals surface area contributed by atoms with Crippen LogP contribution >= 0.6 is 0 Å². The number of aliphatic hydroxyl groups is 2. The Labute approximate surface area is 671 Å². The number of likely N-dealkylation sites (tertiary alicyclic amines) is 3. The topological polar surface area (TPSA) is 403 Å². The van der Waals surface area contributed by atoms with E-state index in [9.17, 15) is 57.5 Å². The molecule has 6 aliphatic rings. The maximum absolute atomic E-state index is 11.7. The lowest BCUT2D eigenvalue weighted by molar-refractivity contribution is -0.150. The van der Waals surface area contributed by atoms with E-state index in [4.69, 9.17) is 61.8 Å². The van der Waals surface area contributed by atoms with E-state index < -0.39 is 81.0 Å². The zero-order valence-corrected chi connectivity index (χ0v) is 73.0. The predicted octanol–water partition coefficient (Wildman–Crippen LogP) is 8.99. The van der Waals surface area contributed by atoms with Crippen LogP contribution in [0.1, 0.15) is 145 Å². The summed E-state index contributed by atoms with van der Waals surface area (Å²) in [6.45, 7) is 42.0. The monoisotopic (exact) mass is 1660 g/mol. The molecule has 0 radical (unpaired) electrons. The first-order chi connectivity index (χ1) is 52.5. The number of unbranched alkanes of at least 4 members (excludes halogenated alkanes) is 2. The van der Waals surface area contributed by atoms with Gasteiger partial charge in [0, 0.05) is 133 Å². The van der Waals surface area contributed by atoms with Crippen molar-refractivity contribution < 1.29 is 124 Å². The van der Waals surface area contributed by atoms with Gasteiger partial charge in [-0.25, -0.2) is 38.4 Å². The van der Waals surface area contributed by atoms with Crippen LogP contribution in [0.4, 0.5) is 0 Å². The number of esters is 6. The molecule has 112 heavy (non-hydrogen) atoms. The summed E-state index contributed by atoms with van der Waals surface area (Å²) in [7, 11) is -6.26. The van der Waals surface area contributed by atoms with Gasteiger partial charge in [-0.05, 0) is 154 Å². The van der Waals surface area contributed by atoms with E-state index in [1.54, 1.807) is 14.7 Å². The quantitative estimate of drug-likeness (QED) is 0.00948. The highest BCUT2D eigenvalue weighted by Crippen LogP contribution is 2.26. The molecule has 646 valence electrons. The number of rotatable bonds is 43. The first-order valence-corrected chi connectivity index (χ1v) is 51.8. The summed E-state index contributed by atoms with van der Waals surface area (Å²) in [5.41, 5.74) is 0. The number of aliphatic hydroxyl groups excluding tert-OH is 2. The van der Waals surface area contributed by atoms with E-state index >= 15 is 0 Å². The van der Waals surface area contributed by atoms with Crippen molar-refractivity contribution in [1.29, 1.82) is 0 Å². The molecule has 5 N–H and O–H groups in total. The van der Waals surface area contributed by atoms with Gasteiger partial charge in [0.15, 0.2) is 33.3 Å². The van der Waals surface area contributed by atoms with Crippen LogP contribution in [-0.2, 0) is 104 Å². The van der Waals surface area contributed by atoms with E-state index in [-0.39, 0.29) is 76.6 Å². The van der Waals surface area contributed by atoms with Gasteiger partial charge in [0.1, 0.15) is 19.8 Å². The SMILES string of the molecule is C.C1CCOC1.CCCC[Si](C)(C)O[Si](C)(C)CCCOCCO.CCCC[Si](C)(C)O[Si](C)(C)CCCOCCOC(=O)/C=C/C(=O)OCCC1CCNC1=O.CCN(CC)CC.O=C(O)/C=C\C(=O)OCCN1CCCC1=O.O=C(O)/C=C\C(=O)OCCN1CCCC1=O.O=C1C=CC(=O)O1.O=C1CCCN1CCO. The van der Waals surface area contributed by atoms with Crippen molar-refractivity contribution in [2.45, 2.75) is 221 Å². The Balaban J connectivity index is -0.00000130. The van der Waals surface area contributed by atoms with Crippen molar-refractivity contribution in [2.75, 3.05) is 145 Å². The average molecular weight is 1670 g/mol. The third kappa shape index (κ3) is 63.7. The number of carboxylic acids is 2. The highest BCUT2D eigenvalue weighted by atomic mass is 28.4. The molecule has 0 spiro atoms. The van der Waals surface area contributed by atoms with Crippen molar-refractivity contribution >= 4 is 105 Å². The molecular weight excluding hydrogens is 1520 g/mol. The Morgan fingerprint density at radius 2 is 0.848 bits per heavy atom. The van der Waals surface area contributed by atoms with Gasteiger partial charge in [0.05, 0.1) is 46.1 Å². The Hall–Kier alpha value is -6.65. The highest BCUT2D eigenvalue weighted by molar-refractivity contribution is 6.85. The minimum absolute atomic E-state index is 0. The van der Waals surface area contributed by atoms with E-state index in [1.165, 1.54) is 70.2 Å².